The molecule has 1 fully saturated rings. The Morgan fingerprint density at radius 3 is 2.57 bits per heavy atom. The number of hydrogen-bond acceptors (Lipinski definition) is 4. The fraction of sp³-hybridized carbons (Fsp3) is 0.500. The molecule has 0 atom stereocenters. The molecule has 0 N–H and O–H groups in total. The quantitative estimate of drug-likeness (QED) is 0.724. The van der Waals surface area contributed by atoms with Crippen molar-refractivity contribution in [2.24, 2.45) is 0 Å². The smallest absolute Gasteiger partial charge is 0.192 e. The summed E-state index contributed by atoms with van der Waals surface area (Å²) in [4.78, 5) is 7.98. The van der Waals surface area contributed by atoms with Crippen molar-refractivity contribution < 1.29 is 8.42 Å². The van der Waals surface area contributed by atoms with Crippen molar-refractivity contribution in [3.8, 4) is 0 Å². The van der Waals surface area contributed by atoms with Crippen LogP contribution in [-0.4, -0.2) is 24.6 Å². The van der Waals surface area contributed by atoms with E-state index in [1.54, 1.807) is 0 Å². The van der Waals surface area contributed by atoms with E-state index >= 15 is 0 Å². The summed E-state index contributed by atoms with van der Waals surface area (Å²) in [6, 6.07) is 1.28. The van der Waals surface area contributed by atoms with Gasteiger partial charge in [-0.05, 0) is 12.8 Å². The standard InChI is InChI=1S/C8H9ClN2O2S/c1-14(12,13)7-4-6(9)10-8(11-7)5-2-3-5/h4-5H,2-3H2,1H3. The van der Waals surface area contributed by atoms with Crippen LogP contribution in [0.4, 0.5) is 0 Å². The van der Waals surface area contributed by atoms with Gasteiger partial charge in [-0.15, -0.1) is 0 Å². The van der Waals surface area contributed by atoms with Gasteiger partial charge >= 0.3 is 0 Å². The lowest BCUT2D eigenvalue weighted by Gasteiger charge is -2.01. The van der Waals surface area contributed by atoms with E-state index in [1.165, 1.54) is 6.07 Å². The second-order valence-corrected chi connectivity index (χ2v) is 5.78. The molecule has 1 aliphatic carbocycles. The molecule has 1 saturated carbocycles. The molecule has 6 heteroatoms. The van der Waals surface area contributed by atoms with Crippen LogP contribution < -0.4 is 0 Å². The Hall–Kier alpha value is -0.680. The zero-order valence-corrected chi connectivity index (χ0v) is 9.14. The lowest BCUT2D eigenvalue weighted by Crippen LogP contribution is -2.04. The first-order valence-electron chi connectivity index (χ1n) is 4.21. The number of aromatic nitrogens is 2. The molecule has 0 amide bonds. The number of hydrogen-bond donors (Lipinski definition) is 0. The van der Waals surface area contributed by atoms with E-state index in [0.29, 0.717) is 11.7 Å². The molecule has 1 heterocycles. The van der Waals surface area contributed by atoms with Crippen LogP contribution in [0.5, 0.6) is 0 Å². The molecule has 0 aromatic carbocycles. The summed E-state index contributed by atoms with van der Waals surface area (Å²) < 4.78 is 22.5. The van der Waals surface area contributed by atoms with Crippen LogP contribution in [0.15, 0.2) is 11.1 Å². The minimum atomic E-state index is -3.29. The molecule has 1 aromatic rings. The Morgan fingerprint density at radius 2 is 2.07 bits per heavy atom. The topological polar surface area (TPSA) is 59.9 Å². The number of sulfone groups is 1. The van der Waals surface area contributed by atoms with Crippen molar-refractivity contribution in [3.63, 3.8) is 0 Å². The zero-order chi connectivity index (χ0) is 10.3. The Bertz CT molecular complexity index is 468. The van der Waals surface area contributed by atoms with E-state index in [9.17, 15) is 8.42 Å². The molecule has 2 rings (SSSR count). The van der Waals surface area contributed by atoms with Gasteiger partial charge in [-0.2, -0.15) is 0 Å². The summed E-state index contributed by atoms with van der Waals surface area (Å²) in [6.07, 6.45) is 3.15. The molecule has 76 valence electrons. The fourth-order valence-corrected chi connectivity index (χ4v) is 1.97. The maximum absolute atomic E-state index is 11.2. The van der Waals surface area contributed by atoms with Gasteiger partial charge in [-0.25, -0.2) is 18.4 Å². The van der Waals surface area contributed by atoms with E-state index in [-0.39, 0.29) is 10.2 Å². The van der Waals surface area contributed by atoms with E-state index < -0.39 is 9.84 Å². The predicted octanol–water partition coefficient (Wildman–Crippen LogP) is 1.41. The molecule has 0 spiro atoms. The highest BCUT2D eigenvalue weighted by Crippen LogP contribution is 2.38. The minimum absolute atomic E-state index is 0.0133. The molecule has 1 aromatic heterocycles. The monoisotopic (exact) mass is 232 g/mol. The van der Waals surface area contributed by atoms with E-state index in [4.69, 9.17) is 11.6 Å². The molecule has 4 nitrogen and oxygen atoms in total. The van der Waals surface area contributed by atoms with Gasteiger partial charge in [-0.1, -0.05) is 11.6 Å². The molecule has 14 heavy (non-hydrogen) atoms. The van der Waals surface area contributed by atoms with Crippen molar-refractivity contribution in [3.05, 3.63) is 17.0 Å². The third kappa shape index (κ3) is 2.04. The predicted molar refractivity (Wildman–Crippen MR) is 52.1 cm³/mol. The van der Waals surface area contributed by atoms with E-state index in [2.05, 4.69) is 9.97 Å². The molecule has 0 bridgehead atoms. The lowest BCUT2D eigenvalue weighted by atomic mass is 10.4. The van der Waals surface area contributed by atoms with Crippen molar-refractivity contribution >= 4 is 21.4 Å². The van der Waals surface area contributed by atoms with Gasteiger partial charge in [0.15, 0.2) is 14.9 Å². The highest BCUT2D eigenvalue weighted by molar-refractivity contribution is 7.90. The van der Waals surface area contributed by atoms with Crippen LogP contribution in [-0.2, 0) is 9.84 Å². The molecule has 0 radical (unpaired) electrons. The second kappa shape index (κ2) is 3.17. The van der Waals surface area contributed by atoms with Crippen LogP contribution >= 0.6 is 11.6 Å². The summed E-state index contributed by atoms with van der Waals surface area (Å²) in [5.41, 5.74) is 0. The minimum Gasteiger partial charge on any atom is -0.222 e. The van der Waals surface area contributed by atoms with Crippen LogP contribution in [0, 0.1) is 0 Å². The third-order valence-electron chi connectivity index (χ3n) is 2.01. The molecule has 0 aliphatic heterocycles. The Morgan fingerprint density at radius 1 is 1.43 bits per heavy atom. The Kier molecular flexibility index (Phi) is 2.23. The van der Waals surface area contributed by atoms with Gasteiger partial charge in [0.05, 0.1) is 0 Å². The van der Waals surface area contributed by atoms with Crippen LogP contribution in [0.1, 0.15) is 24.6 Å². The highest BCUT2D eigenvalue weighted by atomic mass is 35.5. The molecular weight excluding hydrogens is 224 g/mol. The molecular formula is C8H9ClN2O2S. The second-order valence-electron chi connectivity index (χ2n) is 3.43. The van der Waals surface area contributed by atoms with Crippen molar-refractivity contribution in [2.75, 3.05) is 6.26 Å². The van der Waals surface area contributed by atoms with Crippen LogP contribution in [0.3, 0.4) is 0 Å². The van der Waals surface area contributed by atoms with Gasteiger partial charge in [0.1, 0.15) is 11.0 Å². The third-order valence-corrected chi connectivity index (χ3v) is 3.17. The van der Waals surface area contributed by atoms with E-state index in [1.807, 2.05) is 0 Å². The van der Waals surface area contributed by atoms with Gasteiger partial charge in [-0.3, -0.25) is 0 Å². The number of rotatable bonds is 2. The van der Waals surface area contributed by atoms with Crippen molar-refractivity contribution in [2.45, 2.75) is 23.8 Å². The number of halogens is 1. The number of nitrogens with zero attached hydrogens (tertiary/aromatic N) is 2. The van der Waals surface area contributed by atoms with E-state index in [0.717, 1.165) is 19.1 Å². The maximum atomic E-state index is 11.2. The first-order valence-corrected chi connectivity index (χ1v) is 6.48. The Balaban J connectivity index is 2.51. The maximum Gasteiger partial charge on any atom is 0.192 e. The first kappa shape index (κ1) is 9.86. The first-order chi connectivity index (χ1) is 6.47. The SMILES string of the molecule is CS(=O)(=O)c1cc(Cl)nc(C2CC2)n1. The largest absolute Gasteiger partial charge is 0.222 e. The highest BCUT2D eigenvalue weighted by Gasteiger charge is 2.28. The summed E-state index contributed by atoms with van der Waals surface area (Å²) in [7, 11) is -3.29. The summed E-state index contributed by atoms with van der Waals surface area (Å²) in [6.45, 7) is 0. The zero-order valence-electron chi connectivity index (χ0n) is 7.57. The summed E-state index contributed by atoms with van der Waals surface area (Å²) in [5, 5.41) is 0.210. The average Bonchev–Trinajstić information content (AvgIpc) is 2.83. The lowest BCUT2D eigenvalue weighted by molar-refractivity contribution is 0.596. The summed E-state index contributed by atoms with van der Waals surface area (Å²) >= 11 is 5.71. The fourth-order valence-electron chi connectivity index (χ4n) is 1.13. The molecule has 1 aliphatic rings. The molecule has 0 unspecified atom stereocenters. The van der Waals surface area contributed by atoms with Crippen molar-refractivity contribution in [1.82, 2.24) is 9.97 Å². The van der Waals surface area contributed by atoms with Gasteiger partial charge in [0.25, 0.3) is 0 Å². The summed E-state index contributed by atoms with van der Waals surface area (Å²) in [5.74, 6) is 0.854. The van der Waals surface area contributed by atoms with Crippen molar-refractivity contribution in [1.29, 1.82) is 0 Å². The average molecular weight is 233 g/mol. The Labute approximate surface area is 87.3 Å². The van der Waals surface area contributed by atoms with Crippen LogP contribution in [0.25, 0.3) is 0 Å². The van der Waals surface area contributed by atoms with Gasteiger partial charge in [0.2, 0.25) is 0 Å². The van der Waals surface area contributed by atoms with Gasteiger partial charge in [0, 0.05) is 18.2 Å². The molecule has 0 saturated heterocycles. The van der Waals surface area contributed by atoms with Crippen LogP contribution in [0.2, 0.25) is 5.15 Å². The normalized spacial score (nSPS) is 17.0. The van der Waals surface area contributed by atoms with Gasteiger partial charge < -0.3 is 0 Å².